The highest BCUT2D eigenvalue weighted by molar-refractivity contribution is 6.31. The maximum absolute atomic E-state index is 12.4. The molecule has 136 valence electrons. The van der Waals surface area contributed by atoms with Crippen molar-refractivity contribution in [2.24, 2.45) is 0 Å². The van der Waals surface area contributed by atoms with Gasteiger partial charge in [-0.05, 0) is 71.5 Å². The van der Waals surface area contributed by atoms with Gasteiger partial charge in [-0.25, -0.2) is 4.79 Å². The van der Waals surface area contributed by atoms with Gasteiger partial charge in [-0.15, -0.1) is 0 Å². The summed E-state index contributed by atoms with van der Waals surface area (Å²) >= 11 is 12.5. The lowest BCUT2D eigenvalue weighted by Gasteiger charge is -2.16. The van der Waals surface area contributed by atoms with E-state index in [1.807, 2.05) is 48.5 Å². The first-order chi connectivity index (χ1) is 13.0. The van der Waals surface area contributed by atoms with Crippen molar-refractivity contribution in [2.45, 2.75) is 19.3 Å². The summed E-state index contributed by atoms with van der Waals surface area (Å²) in [6.45, 7) is 2.08. The van der Waals surface area contributed by atoms with Crippen LogP contribution in [0.15, 0.2) is 76.9 Å². The highest BCUT2D eigenvalue weighted by Gasteiger charge is 2.38. The highest BCUT2D eigenvalue weighted by Crippen LogP contribution is 2.53. The molecule has 0 aromatic heterocycles. The second-order valence-corrected chi connectivity index (χ2v) is 7.73. The maximum atomic E-state index is 12.4. The second-order valence-electron chi connectivity index (χ2n) is 6.85. The fourth-order valence-electron chi connectivity index (χ4n) is 4.08. The predicted molar refractivity (Wildman–Crippen MR) is 110 cm³/mol. The van der Waals surface area contributed by atoms with Gasteiger partial charge in [-0.3, -0.25) is 0 Å². The lowest BCUT2D eigenvalue weighted by molar-refractivity contribution is -0.135. The molecule has 4 rings (SSSR count). The van der Waals surface area contributed by atoms with Crippen LogP contribution in [-0.2, 0) is 9.53 Å². The Balaban J connectivity index is 1.92. The van der Waals surface area contributed by atoms with Crippen molar-refractivity contribution < 1.29 is 9.53 Å². The van der Waals surface area contributed by atoms with E-state index in [4.69, 9.17) is 27.9 Å². The Morgan fingerprint density at radius 1 is 1.07 bits per heavy atom. The van der Waals surface area contributed by atoms with Crippen molar-refractivity contribution in [3.8, 4) is 0 Å². The van der Waals surface area contributed by atoms with Crippen LogP contribution in [0.2, 0.25) is 10.0 Å². The van der Waals surface area contributed by atoms with Crippen molar-refractivity contribution >= 4 is 34.7 Å². The maximum Gasteiger partial charge on any atom is 0.338 e. The first-order valence-electron chi connectivity index (χ1n) is 8.75. The van der Waals surface area contributed by atoms with Crippen LogP contribution in [0.3, 0.4) is 0 Å². The van der Waals surface area contributed by atoms with E-state index in [1.54, 1.807) is 0 Å². The fraction of sp³-hybridized carbons (Fsp3) is 0.174. The molecule has 0 saturated carbocycles. The monoisotopic (exact) mass is 396 g/mol. The Morgan fingerprint density at radius 3 is 2.44 bits per heavy atom. The molecular weight excluding hydrogens is 379 g/mol. The minimum absolute atomic E-state index is 0.145. The summed E-state index contributed by atoms with van der Waals surface area (Å²) in [5.74, 6) is -0.170. The summed E-state index contributed by atoms with van der Waals surface area (Å²) < 4.78 is 5.04. The van der Waals surface area contributed by atoms with Crippen LogP contribution in [0, 0.1) is 0 Å². The summed E-state index contributed by atoms with van der Waals surface area (Å²) in [6, 6.07) is 15.7. The van der Waals surface area contributed by atoms with Crippen LogP contribution in [0.1, 0.15) is 30.4 Å². The van der Waals surface area contributed by atoms with Crippen molar-refractivity contribution in [3.63, 3.8) is 0 Å². The molecule has 0 aliphatic heterocycles. The van der Waals surface area contributed by atoms with E-state index in [-0.39, 0.29) is 11.9 Å². The molecular formula is C23H18Cl2O2. The molecule has 4 heteroatoms. The fourth-order valence-corrected chi connectivity index (χ4v) is 4.47. The van der Waals surface area contributed by atoms with Gasteiger partial charge in [0.1, 0.15) is 0 Å². The Kier molecular flexibility index (Phi) is 4.71. The number of methoxy groups -OCH3 is 1. The Hall–Kier alpha value is -2.29. The van der Waals surface area contributed by atoms with Crippen LogP contribution in [0.25, 0.3) is 5.57 Å². The van der Waals surface area contributed by atoms with Gasteiger partial charge in [0.15, 0.2) is 0 Å². The highest BCUT2D eigenvalue weighted by atomic mass is 35.5. The number of benzene rings is 2. The minimum Gasteiger partial charge on any atom is -0.465 e. The third kappa shape index (κ3) is 3.13. The molecule has 0 heterocycles. The predicted octanol–water partition coefficient (Wildman–Crippen LogP) is 6.36. The summed E-state index contributed by atoms with van der Waals surface area (Å²) in [5, 5.41) is 1.38. The molecule has 0 radical (unpaired) electrons. The lowest BCUT2D eigenvalue weighted by atomic mass is 9.87. The first-order valence-corrected chi connectivity index (χ1v) is 9.51. The van der Waals surface area contributed by atoms with Crippen LogP contribution in [0.5, 0.6) is 0 Å². The number of carbonyl (C=O) groups is 1. The molecule has 2 nitrogen and oxygen atoms in total. The molecule has 1 unspecified atom stereocenters. The van der Waals surface area contributed by atoms with Gasteiger partial charge in [-0.1, -0.05) is 53.0 Å². The van der Waals surface area contributed by atoms with Crippen LogP contribution >= 0.6 is 23.2 Å². The number of allylic oxidation sites excluding steroid dienone is 4. The van der Waals surface area contributed by atoms with Gasteiger partial charge >= 0.3 is 5.97 Å². The molecule has 0 fully saturated rings. The number of halogens is 2. The Bertz CT molecular complexity index is 1040. The van der Waals surface area contributed by atoms with Crippen molar-refractivity contribution in [2.75, 3.05) is 7.11 Å². The number of hydrogen-bond donors (Lipinski definition) is 0. The Morgan fingerprint density at radius 2 is 1.78 bits per heavy atom. The van der Waals surface area contributed by atoms with Crippen LogP contribution in [-0.4, -0.2) is 13.1 Å². The molecule has 0 N–H and O–H groups in total. The van der Waals surface area contributed by atoms with Gasteiger partial charge in [0, 0.05) is 16.0 Å². The number of fused-ring (bicyclic) bond motifs is 1. The number of rotatable bonds is 3. The van der Waals surface area contributed by atoms with Gasteiger partial charge in [-0.2, -0.15) is 0 Å². The third-order valence-electron chi connectivity index (χ3n) is 5.20. The quantitative estimate of drug-likeness (QED) is 0.563. The topological polar surface area (TPSA) is 26.3 Å². The van der Waals surface area contributed by atoms with Gasteiger partial charge < -0.3 is 4.74 Å². The van der Waals surface area contributed by atoms with Crippen molar-refractivity contribution in [3.05, 3.63) is 98.1 Å². The minimum atomic E-state index is -0.314. The third-order valence-corrected chi connectivity index (χ3v) is 5.67. The normalized spacial score (nSPS) is 18.7. The average molecular weight is 397 g/mol. The van der Waals surface area contributed by atoms with Gasteiger partial charge in [0.2, 0.25) is 0 Å². The van der Waals surface area contributed by atoms with E-state index >= 15 is 0 Å². The standard InChI is InChI=1S/C23H18Cl2O2/c1-13-9-18(14-5-3-7-16(24)10-14)22-19(15-6-4-8-17(25)11-15)12-20(21(13)22)23(26)27-2/h3-8,10-12,18H,9H2,1-2H3. The molecule has 2 aromatic carbocycles. The molecule has 2 aromatic rings. The van der Waals surface area contributed by atoms with Gasteiger partial charge in [0.05, 0.1) is 12.7 Å². The van der Waals surface area contributed by atoms with E-state index in [1.165, 1.54) is 12.7 Å². The number of esters is 1. The SMILES string of the molecule is COC(=O)C1=CC(c2cccc(Cl)c2)=C2C1=C(C)CC2c1cccc(Cl)c1. The zero-order valence-electron chi connectivity index (χ0n) is 15.1. The summed E-state index contributed by atoms with van der Waals surface area (Å²) in [4.78, 5) is 12.4. The second kappa shape index (κ2) is 7.03. The van der Waals surface area contributed by atoms with E-state index in [2.05, 4.69) is 13.0 Å². The molecule has 0 bridgehead atoms. The van der Waals surface area contributed by atoms with Crippen molar-refractivity contribution in [1.29, 1.82) is 0 Å². The molecule has 0 amide bonds. The van der Waals surface area contributed by atoms with Crippen LogP contribution < -0.4 is 0 Å². The smallest absolute Gasteiger partial charge is 0.338 e. The summed E-state index contributed by atoms with van der Waals surface area (Å²) in [6.07, 6.45) is 2.78. The molecule has 1 atom stereocenters. The molecule has 2 aliphatic carbocycles. The molecule has 0 spiro atoms. The zero-order valence-corrected chi connectivity index (χ0v) is 16.6. The molecule has 2 aliphatic rings. The number of ether oxygens (including phenoxy) is 1. The van der Waals surface area contributed by atoms with Crippen LogP contribution in [0.4, 0.5) is 0 Å². The van der Waals surface area contributed by atoms with Gasteiger partial charge in [0.25, 0.3) is 0 Å². The van der Waals surface area contributed by atoms with E-state index < -0.39 is 0 Å². The zero-order chi connectivity index (χ0) is 19.1. The van der Waals surface area contributed by atoms with E-state index in [9.17, 15) is 4.79 Å². The number of carbonyl (C=O) groups excluding carboxylic acids is 1. The molecule has 27 heavy (non-hydrogen) atoms. The molecule has 0 saturated heterocycles. The first kappa shape index (κ1) is 18.1. The summed E-state index contributed by atoms with van der Waals surface area (Å²) in [5.41, 5.74) is 7.11. The van der Waals surface area contributed by atoms with E-state index in [0.29, 0.717) is 15.6 Å². The lowest BCUT2D eigenvalue weighted by Crippen LogP contribution is -2.06. The summed E-state index contributed by atoms with van der Waals surface area (Å²) in [7, 11) is 1.42. The largest absolute Gasteiger partial charge is 0.465 e. The number of hydrogen-bond acceptors (Lipinski definition) is 2. The van der Waals surface area contributed by atoms with E-state index in [0.717, 1.165) is 34.3 Å². The Labute approximate surface area is 168 Å². The van der Waals surface area contributed by atoms with Crippen molar-refractivity contribution in [1.82, 2.24) is 0 Å². The average Bonchev–Trinajstić information content (AvgIpc) is 3.20.